The highest BCUT2D eigenvalue weighted by molar-refractivity contribution is 9.10. The molecular weight excluding hydrogens is 492 g/mol. The maximum Gasteiger partial charge on any atom is 0.0245 e. The van der Waals surface area contributed by atoms with Gasteiger partial charge in [0.15, 0.2) is 0 Å². The van der Waals surface area contributed by atoms with Crippen LogP contribution in [0.4, 0.5) is 0 Å². The van der Waals surface area contributed by atoms with Crippen molar-refractivity contribution in [2.75, 3.05) is 26.2 Å². The Bertz CT molecular complexity index is 1040. The molecule has 0 spiro atoms. The molecule has 35 heavy (non-hydrogen) atoms. The fourth-order valence-corrected chi connectivity index (χ4v) is 6.31. The zero-order chi connectivity index (χ0) is 23.9. The van der Waals surface area contributed by atoms with Crippen LogP contribution < -0.4 is 0 Å². The minimum atomic E-state index is 0.827. The maximum atomic E-state index is 3.84. The molecule has 2 aliphatic rings. The first-order chi connectivity index (χ1) is 17.2. The van der Waals surface area contributed by atoms with E-state index in [1.807, 2.05) is 0 Å². The van der Waals surface area contributed by atoms with Crippen molar-refractivity contribution in [1.82, 2.24) is 9.80 Å². The lowest BCUT2D eigenvalue weighted by Gasteiger charge is -2.33. The summed E-state index contributed by atoms with van der Waals surface area (Å²) in [5.41, 5.74) is 5.89. The summed E-state index contributed by atoms with van der Waals surface area (Å²) >= 11 is 3.84. The Labute approximate surface area is 220 Å². The van der Waals surface area contributed by atoms with Crippen LogP contribution >= 0.6 is 15.9 Å². The number of hydrogen-bond acceptors (Lipinski definition) is 2. The summed E-state index contributed by atoms with van der Waals surface area (Å²) < 4.78 is 1.26. The molecule has 3 heteroatoms. The number of benzene rings is 3. The second kappa shape index (κ2) is 12.3. The van der Waals surface area contributed by atoms with E-state index in [-0.39, 0.29) is 0 Å². The lowest BCUT2D eigenvalue weighted by Crippen LogP contribution is -2.34. The van der Waals surface area contributed by atoms with Gasteiger partial charge in [0.05, 0.1) is 0 Å². The Kier molecular flexibility index (Phi) is 8.72. The molecule has 3 aromatic carbocycles. The molecule has 0 atom stereocenters. The molecule has 5 rings (SSSR count). The van der Waals surface area contributed by atoms with Crippen LogP contribution in [-0.4, -0.2) is 36.0 Å². The van der Waals surface area contributed by atoms with Crippen molar-refractivity contribution >= 4 is 15.9 Å². The van der Waals surface area contributed by atoms with Crippen LogP contribution in [0.1, 0.15) is 47.9 Å². The van der Waals surface area contributed by atoms with Gasteiger partial charge in [0.25, 0.3) is 0 Å². The van der Waals surface area contributed by atoms with Crippen LogP contribution in [0.5, 0.6) is 0 Å². The summed E-state index contributed by atoms with van der Waals surface area (Å²) in [7, 11) is 0. The van der Waals surface area contributed by atoms with Gasteiger partial charge in [0.2, 0.25) is 0 Å². The first-order valence-electron chi connectivity index (χ1n) is 13.5. The Balaban J connectivity index is 1.09. The van der Waals surface area contributed by atoms with Gasteiger partial charge in [-0.15, -0.1) is 0 Å². The van der Waals surface area contributed by atoms with E-state index in [0.717, 1.165) is 24.9 Å². The fraction of sp³-hybridized carbons (Fsp3) is 0.438. The molecule has 184 valence electrons. The lowest BCUT2D eigenvalue weighted by molar-refractivity contribution is 0.174. The Morgan fingerprint density at radius 1 is 0.571 bits per heavy atom. The molecule has 3 aromatic rings. The summed E-state index contributed by atoms with van der Waals surface area (Å²) in [6.45, 7) is 7.00. The van der Waals surface area contributed by atoms with E-state index in [1.165, 1.54) is 91.4 Å². The minimum Gasteiger partial charge on any atom is -0.299 e. The van der Waals surface area contributed by atoms with Crippen LogP contribution in [0, 0.1) is 11.8 Å². The molecule has 0 aliphatic carbocycles. The Morgan fingerprint density at radius 2 is 1.06 bits per heavy atom. The molecule has 0 aromatic heterocycles. The summed E-state index contributed by atoms with van der Waals surface area (Å²) in [4.78, 5) is 5.31. The third-order valence-corrected chi connectivity index (χ3v) is 8.83. The standard InChI is InChI=1S/C32H39BrN2/c33-32-12-11-30(24-34-17-13-28(14-18-34)21-26-7-3-1-4-8-26)23-31(32)25-35-19-15-29(16-20-35)22-27-9-5-2-6-10-27/h1-12,23,28-29H,13-22,24-25H2. The molecule has 0 N–H and O–H groups in total. The third kappa shape index (κ3) is 7.29. The zero-order valence-corrected chi connectivity index (χ0v) is 22.5. The van der Waals surface area contributed by atoms with Crippen molar-refractivity contribution in [1.29, 1.82) is 0 Å². The molecule has 0 amide bonds. The maximum absolute atomic E-state index is 3.84. The first-order valence-corrected chi connectivity index (χ1v) is 14.3. The van der Waals surface area contributed by atoms with Crippen molar-refractivity contribution in [2.24, 2.45) is 11.8 Å². The summed E-state index contributed by atoms with van der Waals surface area (Å²) in [5.74, 6) is 1.66. The lowest BCUT2D eigenvalue weighted by atomic mass is 9.90. The van der Waals surface area contributed by atoms with E-state index < -0.39 is 0 Å². The predicted octanol–water partition coefficient (Wildman–Crippen LogP) is 7.36. The molecule has 2 fully saturated rings. The van der Waals surface area contributed by atoms with Gasteiger partial charge in [-0.25, -0.2) is 0 Å². The van der Waals surface area contributed by atoms with Crippen LogP contribution in [-0.2, 0) is 25.9 Å². The van der Waals surface area contributed by atoms with E-state index >= 15 is 0 Å². The number of nitrogens with zero attached hydrogens (tertiary/aromatic N) is 2. The largest absolute Gasteiger partial charge is 0.299 e. The topological polar surface area (TPSA) is 6.48 Å². The van der Waals surface area contributed by atoms with Crippen LogP contribution in [0.15, 0.2) is 83.3 Å². The fourth-order valence-electron chi connectivity index (χ4n) is 5.94. The minimum absolute atomic E-state index is 0.827. The smallest absolute Gasteiger partial charge is 0.0245 e. The van der Waals surface area contributed by atoms with Crippen LogP contribution in [0.25, 0.3) is 0 Å². The first kappa shape index (κ1) is 24.7. The van der Waals surface area contributed by atoms with Crippen molar-refractivity contribution in [3.05, 3.63) is 106 Å². The summed E-state index contributed by atoms with van der Waals surface area (Å²) in [5, 5.41) is 0. The van der Waals surface area contributed by atoms with Crippen molar-refractivity contribution < 1.29 is 0 Å². The third-order valence-electron chi connectivity index (χ3n) is 8.06. The second-order valence-corrected chi connectivity index (χ2v) is 11.6. The highest BCUT2D eigenvalue weighted by atomic mass is 79.9. The van der Waals surface area contributed by atoms with E-state index in [9.17, 15) is 0 Å². The van der Waals surface area contributed by atoms with E-state index in [2.05, 4.69) is 105 Å². The zero-order valence-electron chi connectivity index (χ0n) is 20.9. The van der Waals surface area contributed by atoms with E-state index in [4.69, 9.17) is 0 Å². The molecule has 2 heterocycles. The van der Waals surface area contributed by atoms with Crippen LogP contribution in [0.2, 0.25) is 0 Å². The molecule has 2 nitrogen and oxygen atoms in total. The monoisotopic (exact) mass is 530 g/mol. The van der Waals surface area contributed by atoms with Gasteiger partial charge in [-0.05, 0) is 105 Å². The van der Waals surface area contributed by atoms with Crippen molar-refractivity contribution in [3.8, 4) is 0 Å². The Hall–Kier alpha value is -1.94. The van der Waals surface area contributed by atoms with E-state index in [1.54, 1.807) is 0 Å². The number of likely N-dealkylation sites (tertiary alicyclic amines) is 2. The van der Waals surface area contributed by atoms with Crippen molar-refractivity contribution in [3.63, 3.8) is 0 Å². The number of piperidine rings is 2. The van der Waals surface area contributed by atoms with Gasteiger partial charge >= 0.3 is 0 Å². The quantitative estimate of drug-likeness (QED) is 0.300. The molecule has 0 bridgehead atoms. The van der Waals surface area contributed by atoms with Gasteiger partial charge in [0, 0.05) is 17.6 Å². The second-order valence-electron chi connectivity index (χ2n) is 10.7. The molecule has 2 saturated heterocycles. The molecule has 2 aliphatic heterocycles. The van der Waals surface area contributed by atoms with Crippen molar-refractivity contribution in [2.45, 2.75) is 51.6 Å². The Morgan fingerprint density at radius 3 is 1.57 bits per heavy atom. The normalized spacial score (nSPS) is 18.7. The molecule has 0 unspecified atom stereocenters. The number of hydrogen-bond donors (Lipinski definition) is 0. The SMILES string of the molecule is Brc1ccc(CN2CCC(Cc3ccccc3)CC2)cc1CN1CCC(Cc2ccccc2)CC1. The predicted molar refractivity (Wildman–Crippen MR) is 150 cm³/mol. The number of rotatable bonds is 8. The summed E-state index contributed by atoms with van der Waals surface area (Å²) in [6, 6.07) is 29.1. The average molecular weight is 532 g/mol. The molecular formula is C32H39BrN2. The summed E-state index contributed by atoms with van der Waals surface area (Å²) in [6.07, 6.45) is 7.72. The van der Waals surface area contributed by atoms with Gasteiger partial charge in [0.1, 0.15) is 0 Å². The molecule has 0 saturated carbocycles. The van der Waals surface area contributed by atoms with E-state index in [0.29, 0.717) is 0 Å². The molecule has 0 radical (unpaired) electrons. The van der Waals surface area contributed by atoms with Gasteiger partial charge < -0.3 is 0 Å². The van der Waals surface area contributed by atoms with Gasteiger partial charge in [-0.3, -0.25) is 9.80 Å². The van der Waals surface area contributed by atoms with Gasteiger partial charge in [-0.2, -0.15) is 0 Å². The average Bonchev–Trinajstić information content (AvgIpc) is 2.90. The number of halogens is 1. The van der Waals surface area contributed by atoms with Gasteiger partial charge in [-0.1, -0.05) is 88.7 Å². The highest BCUT2D eigenvalue weighted by Gasteiger charge is 2.22. The van der Waals surface area contributed by atoms with Crippen LogP contribution in [0.3, 0.4) is 0 Å². The highest BCUT2D eigenvalue weighted by Crippen LogP contribution is 2.27.